The summed E-state index contributed by atoms with van der Waals surface area (Å²) >= 11 is 0. The molecular formula is C20H19F2N5O2. The number of pyridine rings is 1. The fourth-order valence-electron chi connectivity index (χ4n) is 3.29. The number of H-pyrrole nitrogens is 1. The fraction of sp³-hybridized carbons (Fsp3) is 0.250. The SMILES string of the molecule is COc1ccc(C(=O)Nc2c(-c3ccn[nH]3)ccnc2N2CCC(F)(F)C2)cc1. The molecule has 1 aliphatic rings. The Morgan fingerprint density at radius 1 is 1.21 bits per heavy atom. The van der Waals surface area contributed by atoms with Crippen LogP contribution in [0.1, 0.15) is 16.8 Å². The number of hydrogen-bond donors (Lipinski definition) is 2. The highest BCUT2D eigenvalue weighted by Crippen LogP contribution is 2.38. The highest BCUT2D eigenvalue weighted by atomic mass is 19.3. The molecular weight excluding hydrogens is 380 g/mol. The molecule has 7 nitrogen and oxygen atoms in total. The number of aromatic amines is 1. The van der Waals surface area contributed by atoms with Crippen LogP contribution in [-0.2, 0) is 0 Å². The monoisotopic (exact) mass is 399 g/mol. The average molecular weight is 399 g/mol. The van der Waals surface area contributed by atoms with Crippen molar-refractivity contribution in [1.29, 1.82) is 0 Å². The summed E-state index contributed by atoms with van der Waals surface area (Å²) in [5, 5.41) is 9.63. The average Bonchev–Trinajstić information content (AvgIpc) is 3.38. The van der Waals surface area contributed by atoms with Gasteiger partial charge in [0.1, 0.15) is 5.75 Å². The Morgan fingerprint density at radius 3 is 2.62 bits per heavy atom. The Morgan fingerprint density at radius 2 is 2.00 bits per heavy atom. The molecule has 1 aromatic carbocycles. The Balaban J connectivity index is 1.72. The van der Waals surface area contributed by atoms with Crippen molar-refractivity contribution in [1.82, 2.24) is 15.2 Å². The number of alkyl halides is 2. The first-order chi connectivity index (χ1) is 14.0. The van der Waals surface area contributed by atoms with Crippen molar-refractivity contribution in [3.05, 3.63) is 54.4 Å². The molecule has 29 heavy (non-hydrogen) atoms. The second kappa shape index (κ2) is 7.50. The highest BCUT2D eigenvalue weighted by Gasteiger charge is 2.40. The van der Waals surface area contributed by atoms with Gasteiger partial charge in [0.05, 0.1) is 25.0 Å². The van der Waals surface area contributed by atoms with E-state index in [1.807, 2.05) is 0 Å². The third kappa shape index (κ3) is 3.89. The van der Waals surface area contributed by atoms with Crippen LogP contribution < -0.4 is 15.0 Å². The largest absolute Gasteiger partial charge is 0.497 e. The van der Waals surface area contributed by atoms with Gasteiger partial charge in [-0.1, -0.05) is 0 Å². The minimum atomic E-state index is -2.79. The van der Waals surface area contributed by atoms with E-state index in [-0.39, 0.29) is 18.9 Å². The molecule has 0 aliphatic carbocycles. The van der Waals surface area contributed by atoms with Gasteiger partial charge in [0.2, 0.25) is 0 Å². The zero-order chi connectivity index (χ0) is 20.4. The lowest BCUT2D eigenvalue weighted by Gasteiger charge is -2.22. The number of carbonyl (C=O) groups excluding carboxylic acids is 1. The number of methoxy groups -OCH3 is 1. The minimum Gasteiger partial charge on any atom is -0.497 e. The number of aromatic nitrogens is 3. The van der Waals surface area contributed by atoms with Gasteiger partial charge in [-0.15, -0.1) is 0 Å². The van der Waals surface area contributed by atoms with E-state index in [1.54, 1.807) is 49.7 Å². The number of ether oxygens (including phenoxy) is 1. The van der Waals surface area contributed by atoms with Gasteiger partial charge in [0.15, 0.2) is 5.82 Å². The summed E-state index contributed by atoms with van der Waals surface area (Å²) in [5.74, 6) is -2.24. The van der Waals surface area contributed by atoms with Crippen molar-refractivity contribution in [2.75, 3.05) is 30.4 Å². The van der Waals surface area contributed by atoms with Gasteiger partial charge in [-0.25, -0.2) is 13.8 Å². The van der Waals surface area contributed by atoms with E-state index in [9.17, 15) is 13.6 Å². The molecule has 1 saturated heterocycles. The van der Waals surface area contributed by atoms with E-state index < -0.39 is 12.5 Å². The van der Waals surface area contributed by atoms with Gasteiger partial charge in [-0.2, -0.15) is 5.10 Å². The van der Waals surface area contributed by atoms with Crippen LogP contribution in [0, 0.1) is 0 Å². The second-order valence-electron chi connectivity index (χ2n) is 6.74. The van der Waals surface area contributed by atoms with Crippen LogP contribution in [0.2, 0.25) is 0 Å². The maximum absolute atomic E-state index is 13.8. The molecule has 0 unspecified atom stereocenters. The predicted molar refractivity (Wildman–Crippen MR) is 105 cm³/mol. The Hall–Kier alpha value is -3.49. The quantitative estimate of drug-likeness (QED) is 0.685. The van der Waals surface area contributed by atoms with Crippen molar-refractivity contribution in [2.45, 2.75) is 12.3 Å². The number of carbonyl (C=O) groups is 1. The lowest BCUT2D eigenvalue weighted by molar-refractivity contribution is 0.0257. The van der Waals surface area contributed by atoms with Crippen LogP contribution in [0.4, 0.5) is 20.3 Å². The summed E-state index contributed by atoms with van der Waals surface area (Å²) in [4.78, 5) is 18.6. The highest BCUT2D eigenvalue weighted by molar-refractivity contribution is 6.08. The normalized spacial score (nSPS) is 15.3. The molecule has 0 spiro atoms. The van der Waals surface area contributed by atoms with Gasteiger partial charge in [0, 0.05) is 36.5 Å². The lowest BCUT2D eigenvalue weighted by atomic mass is 10.1. The number of nitrogens with zero attached hydrogens (tertiary/aromatic N) is 3. The fourth-order valence-corrected chi connectivity index (χ4v) is 3.29. The Labute approximate surface area is 165 Å². The molecule has 0 atom stereocenters. The van der Waals surface area contributed by atoms with E-state index in [0.29, 0.717) is 34.1 Å². The molecule has 0 saturated carbocycles. The molecule has 150 valence electrons. The predicted octanol–water partition coefficient (Wildman–Crippen LogP) is 3.58. The molecule has 3 aromatic rings. The number of hydrogen-bond acceptors (Lipinski definition) is 5. The molecule has 1 amide bonds. The van der Waals surface area contributed by atoms with Crippen molar-refractivity contribution in [3.63, 3.8) is 0 Å². The van der Waals surface area contributed by atoms with E-state index in [0.717, 1.165) is 0 Å². The van der Waals surface area contributed by atoms with Crippen LogP contribution in [0.5, 0.6) is 5.75 Å². The topological polar surface area (TPSA) is 83.1 Å². The number of benzene rings is 1. The van der Waals surface area contributed by atoms with Crippen LogP contribution in [0.15, 0.2) is 48.8 Å². The molecule has 9 heteroatoms. The maximum atomic E-state index is 13.8. The van der Waals surface area contributed by atoms with Crippen LogP contribution in [0.25, 0.3) is 11.3 Å². The first-order valence-electron chi connectivity index (χ1n) is 9.04. The first-order valence-corrected chi connectivity index (χ1v) is 9.04. The van der Waals surface area contributed by atoms with Gasteiger partial charge >= 0.3 is 0 Å². The standard InChI is InChI=1S/C20H19F2N5O2/c1-29-14-4-2-13(3-5-14)19(28)25-17-15(16-7-10-24-26-16)6-9-23-18(17)27-11-8-20(21,22)12-27/h2-7,9-10H,8,11-12H2,1H3,(H,24,26)(H,25,28). The van der Waals surface area contributed by atoms with Gasteiger partial charge in [0.25, 0.3) is 11.8 Å². The molecule has 1 fully saturated rings. The zero-order valence-corrected chi connectivity index (χ0v) is 15.7. The van der Waals surface area contributed by atoms with Crippen molar-refractivity contribution in [3.8, 4) is 17.0 Å². The van der Waals surface area contributed by atoms with Crippen LogP contribution in [-0.4, -0.2) is 47.2 Å². The number of nitrogens with one attached hydrogen (secondary N) is 2. The molecule has 0 bridgehead atoms. The summed E-state index contributed by atoms with van der Waals surface area (Å²) in [6.45, 7) is -0.296. The van der Waals surface area contributed by atoms with Gasteiger partial charge in [-0.3, -0.25) is 9.89 Å². The third-order valence-electron chi connectivity index (χ3n) is 4.78. The molecule has 4 rings (SSSR count). The number of rotatable bonds is 5. The van der Waals surface area contributed by atoms with Crippen molar-refractivity contribution >= 4 is 17.4 Å². The first kappa shape index (κ1) is 18.9. The van der Waals surface area contributed by atoms with Crippen LogP contribution in [0.3, 0.4) is 0 Å². The van der Waals surface area contributed by atoms with E-state index in [1.165, 1.54) is 11.1 Å². The van der Waals surface area contributed by atoms with E-state index in [4.69, 9.17) is 4.74 Å². The molecule has 0 radical (unpaired) electrons. The molecule has 1 aliphatic heterocycles. The smallest absolute Gasteiger partial charge is 0.266 e. The Bertz CT molecular complexity index is 1010. The Kier molecular flexibility index (Phi) is 4.87. The maximum Gasteiger partial charge on any atom is 0.266 e. The third-order valence-corrected chi connectivity index (χ3v) is 4.78. The lowest BCUT2D eigenvalue weighted by Crippen LogP contribution is -2.27. The summed E-state index contributed by atoms with van der Waals surface area (Å²) in [5.41, 5.74) is 2.02. The summed E-state index contributed by atoms with van der Waals surface area (Å²) in [6, 6.07) is 10.1. The summed E-state index contributed by atoms with van der Waals surface area (Å²) in [6.07, 6.45) is 2.86. The van der Waals surface area contributed by atoms with E-state index >= 15 is 0 Å². The minimum absolute atomic E-state index is 0.151. The van der Waals surface area contributed by atoms with Crippen molar-refractivity contribution < 1.29 is 18.3 Å². The van der Waals surface area contributed by atoms with Crippen molar-refractivity contribution in [2.24, 2.45) is 0 Å². The number of amides is 1. The number of halogens is 2. The molecule has 3 heterocycles. The van der Waals surface area contributed by atoms with Gasteiger partial charge < -0.3 is 15.0 Å². The summed E-state index contributed by atoms with van der Waals surface area (Å²) < 4.78 is 32.7. The van der Waals surface area contributed by atoms with Crippen LogP contribution >= 0.6 is 0 Å². The molecule has 2 aromatic heterocycles. The van der Waals surface area contributed by atoms with E-state index in [2.05, 4.69) is 20.5 Å². The zero-order valence-electron chi connectivity index (χ0n) is 15.7. The number of anilines is 2. The van der Waals surface area contributed by atoms with Gasteiger partial charge in [-0.05, 0) is 36.4 Å². The molecule has 2 N–H and O–H groups in total. The second-order valence-corrected chi connectivity index (χ2v) is 6.74. The summed E-state index contributed by atoms with van der Waals surface area (Å²) in [7, 11) is 1.54.